The summed E-state index contributed by atoms with van der Waals surface area (Å²) in [4.78, 5) is 0. The maximum Gasteiger partial charge on any atom is 0.119 e. The molecule has 0 aliphatic rings. The predicted molar refractivity (Wildman–Crippen MR) is 97.9 cm³/mol. The van der Waals surface area contributed by atoms with Gasteiger partial charge >= 0.3 is 0 Å². The Morgan fingerprint density at radius 2 is 1.38 bits per heavy atom. The van der Waals surface area contributed by atoms with Crippen LogP contribution >= 0.6 is 0 Å². The van der Waals surface area contributed by atoms with Crippen molar-refractivity contribution in [2.45, 2.75) is 39.5 Å². The van der Waals surface area contributed by atoms with Crippen LogP contribution in [-0.4, -0.2) is 46.8 Å². The van der Waals surface area contributed by atoms with Crippen LogP contribution in [0.15, 0.2) is 24.3 Å². The normalized spacial score (nSPS) is 11.9. The van der Waals surface area contributed by atoms with E-state index in [1.165, 1.54) is 12.0 Å². The zero-order valence-electron chi connectivity index (χ0n) is 16.0. The monoisotopic (exact) mass is 338 g/mol. The summed E-state index contributed by atoms with van der Waals surface area (Å²) in [5.74, 6) is 1.57. The second-order valence-electron chi connectivity index (χ2n) is 7.07. The summed E-state index contributed by atoms with van der Waals surface area (Å²) in [7, 11) is 1.66. The van der Waals surface area contributed by atoms with Crippen molar-refractivity contribution < 1.29 is 18.9 Å². The first-order chi connectivity index (χ1) is 11.5. The number of methoxy groups -OCH3 is 1. The van der Waals surface area contributed by atoms with E-state index in [1.54, 1.807) is 7.11 Å². The summed E-state index contributed by atoms with van der Waals surface area (Å²) in [6, 6.07) is 8.43. The fourth-order valence-electron chi connectivity index (χ4n) is 2.82. The highest BCUT2D eigenvalue weighted by Crippen LogP contribution is 2.31. The maximum atomic E-state index is 5.71. The van der Waals surface area contributed by atoms with Crippen molar-refractivity contribution in [2.24, 2.45) is 5.92 Å². The smallest absolute Gasteiger partial charge is 0.119 e. The Bertz CT molecular complexity index is 426. The summed E-state index contributed by atoms with van der Waals surface area (Å²) >= 11 is 0. The molecule has 1 aromatic rings. The molecule has 0 unspecified atom stereocenters. The predicted octanol–water partition coefficient (Wildman–Crippen LogP) is 4.07. The summed E-state index contributed by atoms with van der Waals surface area (Å²) in [6.07, 6.45) is 1.17. The van der Waals surface area contributed by atoms with Crippen molar-refractivity contribution in [1.82, 2.24) is 0 Å². The Morgan fingerprint density at radius 1 is 0.833 bits per heavy atom. The highest BCUT2D eigenvalue weighted by molar-refractivity contribution is 5.31. The van der Waals surface area contributed by atoms with Crippen LogP contribution in [0, 0.1) is 5.92 Å². The second kappa shape index (κ2) is 11.5. The lowest BCUT2D eigenvalue weighted by Crippen LogP contribution is -2.19. The fourth-order valence-corrected chi connectivity index (χ4v) is 2.82. The van der Waals surface area contributed by atoms with E-state index in [0.29, 0.717) is 45.6 Å². The molecule has 0 aromatic heterocycles. The van der Waals surface area contributed by atoms with E-state index in [9.17, 15) is 0 Å². The molecule has 4 nitrogen and oxygen atoms in total. The number of benzene rings is 1. The van der Waals surface area contributed by atoms with Gasteiger partial charge in [-0.15, -0.1) is 0 Å². The van der Waals surface area contributed by atoms with Gasteiger partial charge in [0.1, 0.15) is 12.4 Å². The lowest BCUT2D eigenvalue weighted by atomic mass is 9.78. The number of hydrogen-bond donors (Lipinski definition) is 0. The largest absolute Gasteiger partial charge is 0.491 e. The first kappa shape index (κ1) is 20.9. The molecule has 0 saturated carbocycles. The van der Waals surface area contributed by atoms with Crippen molar-refractivity contribution in [1.29, 1.82) is 0 Å². The minimum Gasteiger partial charge on any atom is -0.491 e. The second-order valence-corrected chi connectivity index (χ2v) is 7.07. The van der Waals surface area contributed by atoms with Crippen LogP contribution in [0.3, 0.4) is 0 Å². The molecule has 0 saturated heterocycles. The number of hydrogen-bond acceptors (Lipinski definition) is 4. The van der Waals surface area contributed by atoms with Gasteiger partial charge in [-0.3, -0.25) is 0 Å². The molecule has 0 spiro atoms. The van der Waals surface area contributed by atoms with Gasteiger partial charge in [0, 0.05) is 7.11 Å². The fraction of sp³-hybridized carbons (Fsp3) is 0.700. The van der Waals surface area contributed by atoms with Crippen LogP contribution in [-0.2, 0) is 19.6 Å². The Kier molecular flexibility index (Phi) is 9.99. The molecular formula is C20H34O4. The summed E-state index contributed by atoms with van der Waals surface area (Å²) in [5, 5.41) is 0. The van der Waals surface area contributed by atoms with E-state index in [4.69, 9.17) is 18.9 Å². The van der Waals surface area contributed by atoms with Crippen LogP contribution in [0.1, 0.15) is 39.7 Å². The van der Waals surface area contributed by atoms with Crippen LogP contribution in [0.25, 0.3) is 0 Å². The third-order valence-corrected chi connectivity index (χ3v) is 3.85. The van der Waals surface area contributed by atoms with Crippen LogP contribution in [0.2, 0.25) is 0 Å². The van der Waals surface area contributed by atoms with Gasteiger partial charge in [0.05, 0.1) is 33.0 Å². The molecule has 0 N–H and O–H groups in total. The van der Waals surface area contributed by atoms with Crippen LogP contribution < -0.4 is 4.74 Å². The third kappa shape index (κ3) is 8.67. The average Bonchev–Trinajstić information content (AvgIpc) is 2.52. The molecule has 0 atom stereocenters. The van der Waals surface area contributed by atoms with Crippen molar-refractivity contribution in [3.8, 4) is 5.75 Å². The number of ether oxygens (including phenoxy) is 4. The lowest BCUT2D eigenvalue weighted by molar-refractivity contribution is 0.0180. The zero-order valence-corrected chi connectivity index (χ0v) is 16.0. The maximum absolute atomic E-state index is 5.71. The summed E-state index contributed by atoms with van der Waals surface area (Å²) in [6.45, 7) is 12.6. The molecule has 0 aliphatic carbocycles. The van der Waals surface area contributed by atoms with Gasteiger partial charge < -0.3 is 18.9 Å². The number of rotatable bonds is 13. The molecule has 0 fully saturated rings. The van der Waals surface area contributed by atoms with Crippen molar-refractivity contribution >= 4 is 0 Å². The summed E-state index contributed by atoms with van der Waals surface area (Å²) in [5.41, 5.74) is 1.55. The van der Waals surface area contributed by atoms with Gasteiger partial charge in [0.15, 0.2) is 0 Å². The van der Waals surface area contributed by atoms with Crippen molar-refractivity contribution in [3.05, 3.63) is 29.8 Å². The van der Waals surface area contributed by atoms with E-state index >= 15 is 0 Å². The van der Waals surface area contributed by atoms with Crippen molar-refractivity contribution in [3.63, 3.8) is 0 Å². The molecule has 0 heterocycles. The minimum absolute atomic E-state index is 0.193. The van der Waals surface area contributed by atoms with Crippen LogP contribution in [0.4, 0.5) is 0 Å². The van der Waals surface area contributed by atoms with E-state index in [2.05, 4.69) is 39.8 Å². The first-order valence-electron chi connectivity index (χ1n) is 8.83. The molecule has 0 bridgehead atoms. The Morgan fingerprint density at radius 3 is 1.92 bits per heavy atom. The highest BCUT2D eigenvalue weighted by atomic mass is 16.6. The topological polar surface area (TPSA) is 36.9 Å². The molecule has 0 radical (unpaired) electrons. The van der Waals surface area contributed by atoms with Gasteiger partial charge in [-0.1, -0.05) is 39.8 Å². The van der Waals surface area contributed by atoms with Gasteiger partial charge in [-0.2, -0.15) is 0 Å². The van der Waals surface area contributed by atoms with Gasteiger partial charge in [-0.25, -0.2) is 0 Å². The molecule has 4 heteroatoms. The first-order valence-corrected chi connectivity index (χ1v) is 8.83. The van der Waals surface area contributed by atoms with Crippen LogP contribution in [0.5, 0.6) is 5.75 Å². The SMILES string of the molecule is COCCOCCOCCOc1ccc(C(C)(C)CC(C)C)cc1. The van der Waals surface area contributed by atoms with Gasteiger partial charge in [0.25, 0.3) is 0 Å². The summed E-state index contributed by atoms with van der Waals surface area (Å²) < 4.78 is 21.4. The average molecular weight is 338 g/mol. The van der Waals surface area contributed by atoms with E-state index in [-0.39, 0.29) is 5.41 Å². The molecule has 1 aromatic carbocycles. The Balaban J connectivity index is 2.21. The standard InChI is InChI=1S/C20H34O4/c1-17(2)16-20(3,4)18-6-8-19(9-7-18)24-15-14-23-13-12-22-11-10-21-5/h6-9,17H,10-16H2,1-5H3. The Hall–Kier alpha value is -1.10. The van der Waals surface area contributed by atoms with E-state index in [0.717, 1.165) is 5.75 Å². The van der Waals surface area contributed by atoms with Gasteiger partial charge in [-0.05, 0) is 35.4 Å². The quantitative estimate of drug-likeness (QED) is 0.508. The molecule has 0 aliphatic heterocycles. The van der Waals surface area contributed by atoms with Crippen molar-refractivity contribution in [2.75, 3.05) is 46.8 Å². The molecule has 138 valence electrons. The molecule has 0 amide bonds. The third-order valence-electron chi connectivity index (χ3n) is 3.85. The Labute approximate surface area is 147 Å². The molecule has 1 rings (SSSR count). The van der Waals surface area contributed by atoms with E-state index < -0.39 is 0 Å². The highest BCUT2D eigenvalue weighted by Gasteiger charge is 2.21. The lowest BCUT2D eigenvalue weighted by Gasteiger charge is -2.27. The zero-order chi connectivity index (χ0) is 17.8. The molecular weight excluding hydrogens is 304 g/mol. The van der Waals surface area contributed by atoms with Gasteiger partial charge in [0.2, 0.25) is 0 Å². The minimum atomic E-state index is 0.193. The van der Waals surface area contributed by atoms with E-state index in [1.807, 2.05) is 12.1 Å². The molecule has 24 heavy (non-hydrogen) atoms.